The third kappa shape index (κ3) is 7.01. The first-order valence-corrected chi connectivity index (χ1v) is 5.82. The minimum Gasteiger partial charge on any atom is -0.448 e. The second kappa shape index (κ2) is 7.79. The van der Waals surface area contributed by atoms with Crippen molar-refractivity contribution in [3.8, 4) is 0 Å². The molecule has 1 rings (SSSR count). The summed E-state index contributed by atoms with van der Waals surface area (Å²) in [7, 11) is 0. The van der Waals surface area contributed by atoms with Crippen molar-refractivity contribution < 1.29 is 64.3 Å². The molecule has 1 unspecified atom stereocenters. The standard InChI is InChI=1S/C10H20BF3N.K/c1-9(2)10-4-3-6-15(7-5-10)8-11(12,13)14;/h9-10H,3-8H2,1-2H3;/q-1;+1. The zero-order valence-electron chi connectivity index (χ0n) is 10.6. The third-order valence-corrected chi connectivity index (χ3v) is 3.27. The molecule has 0 bridgehead atoms. The van der Waals surface area contributed by atoms with Crippen LogP contribution in [0.4, 0.5) is 12.9 Å². The molecular weight excluding hydrogens is 241 g/mol. The third-order valence-electron chi connectivity index (χ3n) is 3.27. The average Bonchev–Trinajstić information content (AvgIpc) is 2.26. The topological polar surface area (TPSA) is 3.24 Å². The molecule has 1 saturated heterocycles. The monoisotopic (exact) mass is 261 g/mol. The predicted molar refractivity (Wildman–Crippen MR) is 57.7 cm³/mol. The van der Waals surface area contributed by atoms with Gasteiger partial charge in [0.1, 0.15) is 0 Å². The summed E-state index contributed by atoms with van der Waals surface area (Å²) >= 11 is 0. The molecule has 1 atom stereocenters. The maximum absolute atomic E-state index is 12.2. The van der Waals surface area contributed by atoms with Gasteiger partial charge in [-0.05, 0) is 50.6 Å². The smallest absolute Gasteiger partial charge is 0.448 e. The van der Waals surface area contributed by atoms with Crippen LogP contribution < -0.4 is 51.4 Å². The van der Waals surface area contributed by atoms with Crippen molar-refractivity contribution in [3.05, 3.63) is 0 Å². The summed E-state index contributed by atoms with van der Waals surface area (Å²) in [5, 5.41) is 0. The van der Waals surface area contributed by atoms with Crippen LogP contribution in [0.25, 0.3) is 0 Å². The minimum atomic E-state index is -4.65. The second-order valence-electron chi connectivity index (χ2n) is 4.95. The number of hydrogen-bond donors (Lipinski definition) is 0. The first-order valence-electron chi connectivity index (χ1n) is 5.82. The van der Waals surface area contributed by atoms with Crippen LogP contribution in [-0.2, 0) is 0 Å². The number of hydrogen-bond acceptors (Lipinski definition) is 1. The maximum Gasteiger partial charge on any atom is 1.00 e. The summed E-state index contributed by atoms with van der Waals surface area (Å²) in [6.45, 7) is 0.902. The molecule has 0 N–H and O–H groups in total. The van der Waals surface area contributed by atoms with Gasteiger partial charge in [-0.1, -0.05) is 13.8 Å². The molecule has 0 amide bonds. The Morgan fingerprint density at radius 3 is 2.31 bits per heavy atom. The van der Waals surface area contributed by atoms with E-state index in [0.29, 0.717) is 24.9 Å². The fourth-order valence-corrected chi connectivity index (χ4v) is 2.32. The van der Waals surface area contributed by atoms with Crippen LogP contribution >= 0.6 is 0 Å². The molecule has 0 radical (unpaired) electrons. The number of nitrogens with zero attached hydrogens (tertiary/aromatic N) is 1. The molecule has 6 heteroatoms. The van der Waals surface area contributed by atoms with E-state index in [0.717, 1.165) is 19.3 Å². The molecule has 0 aliphatic carbocycles. The van der Waals surface area contributed by atoms with Gasteiger partial charge in [0.25, 0.3) is 0 Å². The summed E-state index contributed by atoms with van der Waals surface area (Å²) in [6.07, 6.45) is 2.24. The molecule has 0 saturated carbocycles. The predicted octanol–water partition coefficient (Wildman–Crippen LogP) is 0.135. The Morgan fingerprint density at radius 2 is 1.81 bits per heavy atom. The van der Waals surface area contributed by atoms with E-state index in [4.69, 9.17) is 0 Å². The Labute approximate surface area is 139 Å². The van der Waals surface area contributed by atoms with Crippen LogP contribution in [0.15, 0.2) is 0 Å². The molecule has 1 aliphatic rings. The first-order chi connectivity index (χ1) is 6.88. The average molecular weight is 261 g/mol. The molecule has 1 fully saturated rings. The summed E-state index contributed by atoms with van der Waals surface area (Å²) in [4.78, 5) is 1.57. The molecular formula is C10H20BF3KN. The molecule has 0 aromatic carbocycles. The van der Waals surface area contributed by atoms with Gasteiger partial charge in [0.2, 0.25) is 0 Å². The van der Waals surface area contributed by atoms with Gasteiger partial charge in [-0.2, -0.15) is 0 Å². The van der Waals surface area contributed by atoms with E-state index in [-0.39, 0.29) is 51.4 Å². The second-order valence-corrected chi connectivity index (χ2v) is 4.95. The van der Waals surface area contributed by atoms with Crippen molar-refractivity contribution in [2.45, 2.75) is 33.1 Å². The van der Waals surface area contributed by atoms with Gasteiger partial charge in [-0.3, -0.25) is 0 Å². The van der Waals surface area contributed by atoms with Gasteiger partial charge in [-0.15, -0.1) is 0 Å². The van der Waals surface area contributed by atoms with Crippen LogP contribution in [0.5, 0.6) is 0 Å². The molecule has 1 heterocycles. The van der Waals surface area contributed by atoms with Crippen LogP contribution in [0.3, 0.4) is 0 Å². The molecule has 1 aliphatic heterocycles. The zero-order valence-corrected chi connectivity index (χ0v) is 13.7. The van der Waals surface area contributed by atoms with Gasteiger partial charge in [0.05, 0.1) is 0 Å². The fraction of sp³-hybridized carbons (Fsp3) is 1.00. The van der Waals surface area contributed by atoms with Gasteiger partial charge in [-0.25, -0.2) is 0 Å². The molecule has 0 aromatic heterocycles. The summed E-state index contributed by atoms with van der Waals surface area (Å²) in [6, 6.07) is 0. The van der Waals surface area contributed by atoms with E-state index in [9.17, 15) is 12.9 Å². The van der Waals surface area contributed by atoms with Crippen molar-refractivity contribution in [2.75, 3.05) is 19.5 Å². The van der Waals surface area contributed by atoms with Gasteiger partial charge in [0.15, 0.2) is 0 Å². The summed E-state index contributed by atoms with van der Waals surface area (Å²) < 4.78 is 36.7. The number of likely N-dealkylation sites (tertiary alicyclic amines) is 1. The van der Waals surface area contributed by atoms with Crippen molar-refractivity contribution in [2.24, 2.45) is 11.8 Å². The van der Waals surface area contributed by atoms with Gasteiger partial charge < -0.3 is 17.8 Å². The molecule has 0 spiro atoms. The van der Waals surface area contributed by atoms with Crippen molar-refractivity contribution in [1.82, 2.24) is 4.90 Å². The molecule has 0 aromatic rings. The van der Waals surface area contributed by atoms with Crippen LogP contribution in [0, 0.1) is 11.8 Å². The van der Waals surface area contributed by atoms with Crippen LogP contribution in [0.2, 0.25) is 0 Å². The fourth-order valence-electron chi connectivity index (χ4n) is 2.32. The van der Waals surface area contributed by atoms with Crippen molar-refractivity contribution in [3.63, 3.8) is 0 Å². The van der Waals surface area contributed by atoms with Gasteiger partial charge >= 0.3 is 58.4 Å². The zero-order chi connectivity index (χ0) is 11.5. The summed E-state index contributed by atoms with van der Waals surface area (Å²) in [5.41, 5.74) is 0. The molecule has 90 valence electrons. The van der Waals surface area contributed by atoms with E-state index in [1.807, 2.05) is 0 Å². The number of rotatable bonds is 3. The van der Waals surface area contributed by atoms with E-state index in [2.05, 4.69) is 13.8 Å². The van der Waals surface area contributed by atoms with E-state index in [1.165, 1.54) is 0 Å². The SMILES string of the molecule is CC(C)C1CCCN(C[B-](F)(F)F)CC1.[K+]. The van der Waals surface area contributed by atoms with E-state index >= 15 is 0 Å². The normalized spacial score (nSPS) is 24.0. The van der Waals surface area contributed by atoms with E-state index < -0.39 is 13.4 Å². The molecule has 1 nitrogen and oxygen atoms in total. The quantitative estimate of drug-likeness (QED) is 0.653. The Bertz CT molecular complexity index is 199. The Morgan fingerprint density at radius 1 is 1.19 bits per heavy atom. The Kier molecular flexibility index (Phi) is 8.50. The van der Waals surface area contributed by atoms with Crippen molar-refractivity contribution >= 4 is 6.98 Å². The first kappa shape index (κ1) is 17.5. The van der Waals surface area contributed by atoms with Crippen LogP contribution in [-0.4, -0.2) is 31.4 Å². The molecule has 16 heavy (non-hydrogen) atoms. The van der Waals surface area contributed by atoms with Crippen LogP contribution in [0.1, 0.15) is 33.1 Å². The Balaban J connectivity index is 0.00000225. The van der Waals surface area contributed by atoms with Crippen molar-refractivity contribution in [1.29, 1.82) is 0 Å². The van der Waals surface area contributed by atoms with Gasteiger partial charge in [0, 0.05) is 0 Å². The maximum atomic E-state index is 12.2. The largest absolute Gasteiger partial charge is 1.00 e. The summed E-state index contributed by atoms with van der Waals surface area (Å²) in [5.74, 6) is 1.21. The van der Waals surface area contributed by atoms with E-state index in [1.54, 1.807) is 4.90 Å². The number of halogens is 3. The minimum absolute atomic E-state index is 0. The Hall–Kier alpha value is 1.45.